The molecule has 0 radical (unpaired) electrons. The molecule has 0 heterocycles. The molecule has 61 heavy (non-hydrogen) atoms. The van der Waals surface area contributed by atoms with Gasteiger partial charge in [-0.15, -0.1) is 0 Å². The zero-order valence-corrected chi connectivity index (χ0v) is 37.3. The van der Waals surface area contributed by atoms with Crippen molar-refractivity contribution in [3.05, 3.63) is 60.8 Å². The van der Waals surface area contributed by atoms with E-state index in [2.05, 4.69) is 26.0 Å². The normalized spacial score (nSPS) is 23.6. The molecule has 1 aliphatic carbocycles. The Morgan fingerprint density at radius 2 is 1.08 bits per heavy atom. The van der Waals surface area contributed by atoms with Crippen LogP contribution in [0.1, 0.15) is 142 Å². The van der Waals surface area contributed by atoms with Crippen molar-refractivity contribution in [3.63, 3.8) is 0 Å². The van der Waals surface area contributed by atoms with E-state index >= 15 is 0 Å². The Morgan fingerprint density at radius 1 is 0.590 bits per heavy atom. The molecule has 352 valence electrons. The number of esters is 2. The summed E-state index contributed by atoms with van der Waals surface area (Å²) in [5.41, 5.74) is 0. The second kappa shape index (κ2) is 34.9. The lowest BCUT2D eigenvalue weighted by Crippen LogP contribution is -2.64. The van der Waals surface area contributed by atoms with Gasteiger partial charge in [0.15, 0.2) is 6.10 Å². The van der Waals surface area contributed by atoms with Crippen LogP contribution < -0.4 is 0 Å². The number of hydrogen-bond donors (Lipinski definition) is 8. The van der Waals surface area contributed by atoms with Gasteiger partial charge in [0.2, 0.25) is 0 Å². The highest BCUT2D eigenvalue weighted by atomic mass is 31.2. The molecule has 8 N–H and O–H groups in total. The molecular weight excluding hydrogens is 811 g/mol. The smallest absolute Gasteiger partial charge is 0.462 e. The van der Waals surface area contributed by atoms with E-state index in [1.165, 1.54) is 25.7 Å². The summed E-state index contributed by atoms with van der Waals surface area (Å²) in [6.45, 7) is 2.96. The van der Waals surface area contributed by atoms with Gasteiger partial charge in [-0.1, -0.05) is 132 Å². The van der Waals surface area contributed by atoms with Crippen LogP contribution in [-0.4, -0.2) is 121 Å². The van der Waals surface area contributed by atoms with E-state index in [1.807, 2.05) is 24.3 Å². The number of phosphoric ester groups is 1. The standard InChI is InChI=1S/C45H77O15P/c1-3-5-7-8-9-10-11-12-13-14-18-21-25-31-39(49)59-37(34-58-61(55,56)60-45-43(53)41(51)40(50)42(52)44(45)54)33-57-38(48)32-26-30-36(47)29-24-20-17-15-16-19-23-28-35(46)27-22-6-4-2/h10-11,16-17,19-20,23-24,28-29,35-37,40-47,50-54H,3-9,12-15,18,21-22,25-27,30-34H2,1-2H3,(H,55,56)/b11-10-,19-16-,20-17-,28-23+,29-24+/t35-,36-,37+,40?,41-,42+,43+,44+,45?/m0/s1. The number of ether oxygens (including phenoxy) is 2. The average molecular weight is 889 g/mol. The molecule has 1 rings (SSSR count). The van der Waals surface area contributed by atoms with Crippen LogP contribution in [0.15, 0.2) is 60.8 Å². The van der Waals surface area contributed by atoms with E-state index < -0.39 is 87.9 Å². The lowest BCUT2D eigenvalue weighted by atomic mass is 9.85. The van der Waals surface area contributed by atoms with Crippen molar-refractivity contribution in [1.29, 1.82) is 0 Å². The SMILES string of the molecule is CCCCCC/C=C\CCCCCCCC(=O)O[C@H](COC(=O)CCC[C@@H](O)/C=C/C=C\C/C=C\C=C\[C@@H](O)CCCCC)COP(=O)(O)OC1[C@H](O)[C@H](O)C(O)[C@H](O)[C@H]1O. The molecule has 0 bridgehead atoms. The molecule has 10 atom stereocenters. The maximum Gasteiger partial charge on any atom is 0.472 e. The Hall–Kier alpha value is -2.53. The molecule has 0 aliphatic heterocycles. The zero-order valence-electron chi connectivity index (χ0n) is 36.4. The number of phosphoric acid groups is 1. The fraction of sp³-hybridized carbons (Fsp3) is 0.733. The van der Waals surface area contributed by atoms with Crippen LogP contribution in [0.3, 0.4) is 0 Å². The summed E-state index contributed by atoms with van der Waals surface area (Å²) < 4.78 is 33.3. The minimum absolute atomic E-state index is 0.0346. The van der Waals surface area contributed by atoms with Gasteiger partial charge >= 0.3 is 19.8 Å². The predicted octanol–water partition coefficient (Wildman–Crippen LogP) is 6.11. The van der Waals surface area contributed by atoms with Crippen LogP contribution in [-0.2, 0) is 32.7 Å². The summed E-state index contributed by atoms with van der Waals surface area (Å²) in [4.78, 5) is 35.6. The zero-order chi connectivity index (χ0) is 45.3. The van der Waals surface area contributed by atoms with E-state index in [0.29, 0.717) is 12.8 Å². The molecule has 0 aromatic carbocycles. The van der Waals surface area contributed by atoms with Crippen LogP contribution >= 0.6 is 7.82 Å². The van der Waals surface area contributed by atoms with Gasteiger partial charge in [0.05, 0.1) is 18.8 Å². The summed E-state index contributed by atoms with van der Waals surface area (Å²) in [5.74, 6) is -1.34. The molecule has 0 aromatic heterocycles. The van der Waals surface area contributed by atoms with Crippen molar-refractivity contribution >= 4 is 19.8 Å². The number of unbranched alkanes of at least 4 members (excludes halogenated alkanes) is 11. The molecule has 1 fully saturated rings. The van der Waals surface area contributed by atoms with Crippen molar-refractivity contribution in [2.45, 2.75) is 197 Å². The Labute approximate surface area is 363 Å². The topological polar surface area (TPSA) is 250 Å². The fourth-order valence-corrected chi connectivity index (χ4v) is 7.29. The molecule has 1 aliphatic rings. The molecule has 3 unspecified atom stereocenters. The lowest BCUT2D eigenvalue weighted by Gasteiger charge is -2.41. The lowest BCUT2D eigenvalue weighted by molar-refractivity contribution is -0.220. The average Bonchev–Trinajstić information content (AvgIpc) is 3.23. The van der Waals surface area contributed by atoms with Gasteiger partial charge in [0, 0.05) is 12.8 Å². The second-order valence-corrected chi connectivity index (χ2v) is 17.0. The van der Waals surface area contributed by atoms with Crippen molar-refractivity contribution in [1.82, 2.24) is 0 Å². The van der Waals surface area contributed by atoms with E-state index in [-0.39, 0.29) is 25.7 Å². The first-order chi connectivity index (χ1) is 29.2. The third-order valence-electron chi connectivity index (χ3n) is 10.0. The summed E-state index contributed by atoms with van der Waals surface area (Å²) in [6, 6.07) is 0. The molecule has 1 saturated carbocycles. The first-order valence-electron chi connectivity index (χ1n) is 22.3. The summed E-state index contributed by atoms with van der Waals surface area (Å²) >= 11 is 0. The first kappa shape index (κ1) is 56.5. The molecule has 16 heteroatoms. The number of aliphatic hydroxyl groups is 7. The van der Waals surface area contributed by atoms with E-state index in [1.54, 1.807) is 24.3 Å². The number of hydrogen-bond acceptors (Lipinski definition) is 14. The molecule has 0 amide bonds. The van der Waals surface area contributed by atoms with E-state index in [9.17, 15) is 54.8 Å². The number of aliphatic hydroxyl groups excluding tert-OH is 7. The monoisotopic (exact) mass is 889 g/mol. The Kier molecular flexibility index (Phi) is 32.3. The summed E-state index contributed by atoms with van der Waals surface area (Å²) in [5, 5.41) is 70.3. The van der Waals surface area contributed by atoms with Crippen molar-refractivity contribution in [2.75, 3.05) is 13.2 Å². The van der Waals surface area contributed by atoms with Gasteiger partial charge in [0.1, 0.15) is 43.2 Å². The second-order valence-electron chi connectivity index (χ2n) is 15.6. The highest BCUT2D eigenvalue weighted by molar-refractivity contribution is 7.47. The van der Waals surface area contributed by atoms with Gasteiger partial charge < -0.3 is 50.1 Å². The highest BCUT2D eigenvalue weighted by Crippen LogP contribution is 2.47. The Morgan fingerprint density at radius 3 is 1.67 bits per heavy atom. The third kappa shape index (κ3) is 28.0. The van der Waals surface area contributed by atoms with Crippen LogP contribution in [0.2, 0.25) is 0 Å². The van der Waals surface area contributed by atoms with Gasteiger partial charge in [-0.3, -0.25) is 18.6 Å². The van der Waals surface area contributed by atoms with Gasteiger partial charge in [-0.2, -0.15) is 0 Å². The largest absolute Gasteiger partial charge is 0.472 e. The first-order valence-corrected chi connectivity index (χ1v) is 23.8. The van der Waals surface area contributed by atoms with Gasteiger partial charge in [0.25, 0.3) is 0 Å². The van der Waals surface area contributed by atoms with Crippen molar-refractivity contribution in [3.8, 4) is 0 Å². The highest BCUT2D eigenvalue weighted by Gasteiger charge is 2.51. The molecule has 0 saturated heterocycles. The van der Waals surface area contributed by atoms with Crippen molar-refractivity contribution in [2.24, 2.45) is 0 Å². The molecular formula is C45H77O15P. The Bertz CT molecular complexity index is 1330. The summed E-state index contributed by atoms with van der Waals surface area (Å²) in [7, 11) is -5.18. The van der Waals surface area contributed by atoms with Crippen molar-refractivity contribution < 1.29 is 73.3 Å². The van der Waals surface area contributed by atoms with Crippen LogP contribution in [0, 0.1) is 0 Å². The Balaban J connectivity index is 2.59. The van der Waals surface area contributed by atoms with Gasteiger partial charge in [-0.25, -0.2) is 4.57 Å². The quantitative estimate of drug-likeness (QED) is 0.0118. The maximum atomic E-state index is 12.8. The van der Waals surface area contributed by atoms with Crippen LogP contribution in [0.5, 0.6) is 0 Å². The van der Waals surface area contributed by atoms with E-state index in [0.717, 1.165) is 64.2 Å². The number of rotatable bonds is 35. The number of allylic oxidation sites excluding steroid dienone is 8. The molecule has 0 aromatic rings. The van der Waals surface area contributed by atoms with Crippen LogP contribution in [0.4, 0.5) is 0 Å². The number of carbonyl (C=O) groups excluding carboxylic acids is 2. The maximum absolute atomic E-state index is 12.8. The summed E-state index contributed by atoms with van der Waals surface area (Å²) in [6.07, 6.45) is 20.5. The minimum Gasteiger partial charge on any atom is -0.462 e. The molecule has 15 nitrogen and oxygen atoms in total. The predicted molar refractivity (Wildman–Crippen MR) is 233 cm³/mol. The number of carbonyl (C=O) groups is 2. The van der Waals surface area contributed by atoms with E-state index in [4.69, 9.17) is 18.5 Å². The molecule has 0 spiro atoms. The third-order valence-corrected chi connectivity index (χ3v) is 11.0. The van der Waals surface area contributed by atoms with Gasteiger partial charge in [-0.05, 0) is 57.8 Å². The fourth-order valence-electron chi connectivity index (χ4n) is 6.32. The van der Waals surface area contributed by atoms with Crippen LogP contribution in [0.25, 0.3) is 0 Å². The minimum atomic E-state index is -5.18.